The van der Waals surface area contributed by atoms with Crippen LogP contribution in [-0.2, 0) is 11.0 Å². The van der Waals surface area contributed by atoms with E-state index in [2.05, 4.69) is 22.5 Å². The molecule has 1 aliphatic rings. The summed E-state index contributed by atoms with van der Waals surface area (Å²) in [5.41, 5.74) is -0.299. The SMILES string of the molecule is C[C@H](CN1CCCC1=O)NC(=O)NCC#Cc1ccc(C(F)(F)F)cc1. The van der Waals surface area contributed by atoms with E-state index in [1.54, 1.807) is 11.8 Å². The van der Waals surface area contributed by atoms with Crippen LogP contribution in [-0.4, -0.2) is 42.5 Å². The Morgan fingerprint density at radius 3 is 2.58 bits per heavy atom. The van der Waals surface area contributed by atoms with Gasteiger partial charge in [-0.2, -0.15) is 13.2 Å². The van der Waals surface area contributed by atoms with Crippen LogP contribution >= 0.6 is 0 Å². The average molecular weight is 367 g/mol. The van der Waals surface area contributed by atoms with E-state index in [1.807, 2.05) is 0 Å². The maximum Gasteiger partial charge on any atom is 0.416 e. The van der Waals surface area contributed by atoms with Gasteiger partial charge in [0.1, 0.15) is 0 Å². The van der Waals surface area contributed by atoms with Crippen molar-refractivity contribution in [3.8, 4) is 11.8 Å². The second-order valence-electron chi connectivity index (χ2n) is 6.05. The van der Waals surface area contributed by atoms with Gasteiger partial charge in [0.05, 0.1) is 12.1 Å². The van der Waals surface area contributed by atoms with E-state index >= 15 is 0 Å². The highest BCUT2D eigenvalue weighted by molar-refractivity contribution is 5.78. The van der Waals surface area contributed by atoms with Gasteiger partial charge in [0.25, 0.3) is 0 Å². The average Bonchev–Trinajstić information content (AvgIpc) is 2.96. The highest BCUT2D eigenvalue weighted by atomic mass is 19.4. The first-order chi connectivity index (χ1) is 12.3. The van der Waals surface area contributed by atoms with Crippen molar-refractivity contribution < 1.29 is 22.8 Å². The fourth-order valence-corrected chi connectivity index (χ4v) is 2.56. The zero-order valence-corrected chi connectivity index (χ0v) is 14.3. The summed E-state index contributed by atoms with van der Waals surface area (Å²) >= 11 is 0. The molecule has 0 saturated carbocycles. The molecule has 0 aromatic heterocycles. The summed E-state index contributed by atoms with van der Waals surface area (Å²) in [7, 11) is 0. The Morgan fingerprint density at radius 2 is 2.00 bits per heavy atom. The van der Waals surface area contributed by atoms with Crippen LogP contribution in [0.5, 0.6) is 0 Å². The lowest BCUT2D eigenvalue weighted by atomic mass is 10.1. The van der Waals surface area contributed by atoms with Crippen molar-refractivity contribution in [3.05, 3.63) is 35.4 Å². The Labute approximate surface area is 149 Å². The van der Waals surface area contributed by atoms with Gasteiger partial charge in [-0.15, -0.1) is 0 Å². The third-order valence-electron chi connectivity index (χ3n) is 3.83. The van der Waals surface area contributed by atoms with Crippen molar-refractivity contribution in [1.82, 2.24) is 15.5 Å². The molecule has 1 aromatic carbocycles. The summed E-state index contributed by atoms with van der Waals surface area (Å²) in [4.78, 5) is 25.0. The number of rotatable bonds is 4. The number of hydrogen-bond donors (Lipinski definition) is 2. The molecule has 0 radical (unpaired) electrons. The van der Waals surface area contributed by atoms with E-state index in [-0.39, 0.29) is 18.5 Å². The topological polar surface area (TPSA) is 61.4 Å². The maximum atomic E-state index is 12.5. The molecule has 2 rings (SSSR count). The third-order valence-corrected chi connectivity index (χ3v) is 3.83. The molecular weight excluding hydrogens is 347 g/mol. The van der Waals surface area contributed by atoms with Gasteiger partial charge < -0.3 is 15.5 Å². The number of halogens is 3. The Balaban J connectivity index is 1.73. The molecule has 1 aliphatic heterocycles. The maximum absolute atomic E-state index is 12.5. The molecule has 1 aromatic rings. The zero-order chi connectivity index (χ0) is 19.2. The monoisotopic (exact) mass is 367 g/mol. The van der Waals surface area contributed by atoms with E-state index in [0.29, 0.717) is 25.1 Å². The van der Waals surface area contributed by atoms with E-state index in [4.69, 9.17) is 0 Å². The van der Waals surface area contributed by atoms with E-state index in [0.717, 1.165) is 18.6 Å². The normalized spacial score (nSPS) is 15.2. The molecule has 0 unspecified atom stereocenters. The molecule has 3 amide bonds. The molecule has 8 heteroatoms. The molecule has 0 spiro atoms. The van der Waals surface area contributed by atoms with E-state index < -0.39 is 17.8 Å². The van der Waals surface area contributed by atoms with Crippen molar-refractivity contribution in [3.63, 3.8) is 0 Å². The highest BCUT2D eigenvalue weighted by Gasteiger charge is 2.29. The quantitative estimate of drug-likeness (QED) is 0.803. The van der Waals surface area contributed by atoms with Crippen molar-refractivity contribution in [1.29, 1.82) is 0 Å². The number of benzene rings is 1. The summed E-state index contributed by atoms with van der Waals surface area (Å²) in [6.45, 7) is 3.04. The Kier molecular flexibility index (Phi) is 6.50. The molecule has 1 heterocycles. The van der Waals surface area contributed by atoms with E-state index in [9.17, 15) is 22.8 Å². The summed E-state index contributed by atoms with van der Waals surface area (Å²) in [6.07, 6.45) is -2.97. The van der Waals surface area contributed by atoms with Gasteiger partial charge in [0, 0.05) is 31.1 Å². The molecule has 26 heavy (non-hydrogen) atoms. The molecule has 5 nitrogen and oxygen atoms in total. The summed E-state index contributed by atoms with van der Waals surface area (Å²) in [6, 6.07) is 3.89. The first kappa shape index (κ1) is 19.6. The molecular formula is C18H20F3N3O2. The number of nitrogens with zero attached hydrogens (tertiary/aromatic N) is 1. The van der Waals surface area contributed by atoms with Gasteiger partial charge in [-0.05, 0) is 37.6 Å². The minimum atomic E-state index is -4.37. The molecule has 1 atom stereocenters. The number of carbonyl (C=O) groups excluding carboxylic acids is 2. The van der Waals surface area contributed by atoms with Gasteiger partial charge in [-0.25, -0.2) is 4.79 Å². The lowest BCUT2D eigenvalue weighted by Gasteiger charge is -2.21. The zero-order valence-electron chi connectivity index (χ0n) is 14.3. The minimum Gasteiger partial charge on any atom is -0.341 e. The standard InChI is InChI=1S/C18H20F3N3O2/c1-13(12-24-11-3-5-16(24)25)23-17(26)22-10-2-4-14-6-8-15(9-7-14)18(19,20)21/h6-9,13H,3,5,10-12H2,1H3,(H2,22,23,26)/t13-/m1/s1. The highest BCUT2D eigenvalue weighted by Crippen LogP contribution is 2.28. The van der Waals surface area contributed by atoms with Gasteiger partial charge in [0.2, 0.25) is 5.91 Å². The van der Waals surface area contributed by atoms with Crippen LogP contribution in [0.3, 0.4) is 0 Å². The summed E-state index contributed by atoms with van der Waals surface area (Å²) in [5, 5.41) is 5.26. The van der Waals surface area contributed by atoms with Gasteiger partial charge in [0.15, 0.2) is 0 Å². The molecule has 2 N–H and O–H groups in total. The van der Waals surface area contributed by atoms with Crippen LogP contribution in [0.4, 0.5) is 18.0 Å². The number of amides is 3. The van der Waals surface area contributed by atoms with Gasteiger partial charge in [-0.1, -0.05) is 11.8 Å². The molecule has 0 aliphatic carbocycles. The predicted molar refractivity (Wildman–Crippen MR) is 90.1 cm³/mol. The van der Waals surface area contributed by atoms with Crippen LogP contribution in [0.1, 0.15) is 30.9 Å². The summed E-state index contributed by atoms with van der Waals surface area (Å²) in [5.74, 6) is 5.46. The smallest absolute Gasteiger partial charge is 0.341 e. The Morgan fingerprint density at radius 1 is 1.31 bits per heavy atom. The van der Waals surface area contributed by atoms with Gasteiger partial charge >= 0.3 is 12.2 Å². The Hall–Kier alpha value is -2.69. The van der Waals surface area contributed by atoms with Gasteiger partial charge in [-0.3, -0.25) is 4.79 Å². The number of hydrogen-bond acceptors (Lipinski definition) is 2. The second-order valence-corrected chi connectivity index (χ2v) is 6.05. The number of likely N-dealkylation sites (tertiary alicyclic amines) is 1. The third kappa shape index (κ3) is 5.99. The predicted octanol–water partition coefficient (Wildman–Crippen LogP) is 2.37. The number of nitrogens with one attached hydrogen (secondary N) is 2. The number of urea groups is 1. The lowest BCUT2D eigenvalue weighted by Crippen LogP contribution is -2.46. The van der Waals surface area contributed by atoms with Crippen molar-refractivity contribution in [2.45, 2.75) is 32.0 Å². The first-order valence-corrected chi connectivity index (χ1v) is 8.24. The fraction of sp³-hybridized carbons (Fsp3) is 0.444. The van der Waals surface area contributed by atoms with E-state index in [1.165, 1.54) is 12.1 Å². The molecule has 1 fully saturated rings. The second kappa shape index (κ2) is 8.61. The minimum absolute atomic E-state index is 0.0578. The lowest BCUT2D eigenvalue weighted by molar-refractivity contribution is -0.137. The van der Waals surface area contributed by atoms with Crippen LogP contribution in [0.25, 0.3) is 0 Å². The molecule has 140 valence electrons. The van der Waals surface area contributed by atoms with Crippen molar-refractivity contribution >= 4 is 11.9 Å². The summed E-state index contributed by atoms with van der Waals surface area (Å²) < 4.78 is 37.4. The number of carbonyl (C=O) groups is 2. The van der Waals surface area contributed by atoms with Crippen LogP contribution < -0.4 is 10.6 Å². The molecule has 0 bridgehead atoms. The molecule has 1 saturated heterocycles. The number of alkyl halides is 3. The van der Waals surface area contributed by atoms with Crippen molar-refractivity contribution in [2.24, 2.45) is 0 Å². The first-order valence-electron chi connectivity index (χ1n) is 8.24. The Bertz CT molecular complexity index is 705. The van der Waals surface area contributed by atoms with Crippen LogP contribution in [0.15, 0.2) is 24.3 Å². The fourth-order valence-electron chi connectivity index (χ4n) is 2.56. The largest absolute Gasteiger partial charge is 0.416 e. The van der Waals surface area contributed by atoms with Crippen LogP contribution in [0.2, 0.25) is 0 Å². The van der Waals surface area contributed by atoms with Crippen LogP contribution in [0, 0.1) is 11.8 Å². The van der Waals surface area contributed by atoms with Crippen molar-refractivity contribution in [2.75, 3.05) is 19.6 Å².